The molecule has 0 bridgehead atoms. The van der Waals surface area contributed by atoms with E-state index >= 15 is 0 Å². The summed E-state index contributed by atoms with van der Waals surface area (Å²) in [6.07, 6.45) is 5.73. The van der Waals surface area contributed by atoms with Gasteiger partial charge in [0.1, 0.15) is 12.4 Å². The van der Waals surface area contributed by atoms with Gasteiger partial charge in [0.25, 0.3) is 0 Å². The van der Waals surface area contributed by atoms with Crippen LogP contribution in [0.5, 0.6) is 0 Å². The largest absolute Gasteiger partial charge is 0.462 e. The molecule has 0 aliphatic rings. The molecule has 0 aromatic rings. The lowest BCUT2D eigenvalue weighted by molar-refractivity contribution is -0.160. The van der Waals surface area contributed by atoms with Crippen molar-refractivity contribution in [1.82, 2.24) is 5.32 Å². The summed E-state index contributed by atoms with van der Waals surface area (Å²) in [4.78, 5) is 34.0. The number of ether oxygens (including phenoxy) is 1. The number of esters is 1. The summed E-state index contributed by atoms with van der Waals surface area (Å²) < 4.78 is 5.82. The van der Waals surface area contributed by atoms with Crippen LogP contribution in [0.15, 0.2) is 0 Å². The number of nitrogens with one attached hydrogen (secondary N) is 1. The van der Waals surface area contributed by atoms with Crippen molar-refractivity contribution in [3.63, 3.8) is 0 Å². The van der Waals surface area contributed by atoms with Crippen LogP contribution in [0.25, 0.3) is 0 Å². The van der Waals surface area contributed by atoms with Gasteiger partial charge in [-0.2, -0.15) is 0 Å². The molecule has 25 heavy (non-hydrogen) atoms. The Morgan fingerprint density at radius 3 is 2.28 bits per heavy atom. The van der Waals surface area contributed by atoms with E-state index in [-0.39, 0.29) is 29.3 Å². The Kier molecular flexibility index (Phi) is 11.4. The first-order valence-corrected chi connectivity index (χ1v) is 9.46. The van der Waals surface area contributed by atoms with Gasteiger partial charge in [0.05, 0.1) is 5.92 Å². The maximum atomic E-state index is 12.4. The molecule has 0 unspecified atom stereocenters. The Balaban J connectivity index is 4.52. The molecule has 0 aliphatic carbocycles. The highest BCUT2D eigenvalue weighted by molar-refractivity contribution is 5.75. The van der Waals surface area contributed by atoms with E-state index in [1.54, 1.807) is 7.05 Å². The summed E-state index contributed by atoms with van der Waals surface area (Å²) >= 11 is 0. The average molecular weight is 356 g/mol. The van der Waals surface area contributed by atoms with Gasteiger partial charge < -0.3 is 14.8 Å². The van der Waals surface area contributed by atoms with Crippen molar-refractivity contribution in [2.24, 2.45) is 17.3 Å². The Bertz CT molecular complexity index is 414. The number of amides is 1. The number of aldehydes is 1. The summed E-state index contributed by atoms with van der Waals surface area (Å²) in [7, 11) is 1.65. The molecule has 0 aromatic carbocycles. The first-order valence-electron chi connectivity index (χ1n) is 9.46. The SMILES string of the molecule is CNC(=O)CCC[C@H](C)C[C@H](OC(=O)[C@H](C)CCCC=O)C(C)(C)C. The zero-order chi connectivity index (χ0) is 19.5. The Morgan fingerprint density at radius 1 is 1.12 bits per heavy atom. The van der Waals surface area contributed by atoms with E-state index in [1.165, 1.54) is 0 Å². The molecule has 0 saturated carbocycles. The second kappa shape index (κ2) is 12.0. The topological polar surface area (TPSA) is 72.5 Å². The molecule has 0 saturated heterocycles. The van der Waals surface area contributed by atoms with Gasteiger partial charge in [-0.15, -0.1) is 0 Å². The molecule has 1 amide bonds. The predicted molar refractivity (Wildman–Crippen MR) is 100 cm³/mol. The molecule has 0 radical (unpaired) electrons. The minimum atomic E-state index is -0.187. The quantitative estimate of drug-likeness (QED) is 0.327. The van der Waals surface area contributed by atoms with Crippen LogP contribution in [0.2, 0.25) is 0 Å². The second-order valence-electron chi connectivity index (χ2n) is 8.20. The Hall–Kier alpha value is -1.39. The van der Waals surface area contributed by atoms with Crippen molar-refractivity contribution in [2.45, 2.75) is 85.7 Å². The number of unbranched alkanes of at least 4 members (excludes halogenated alkanes) is 1. The monoisotopic (exact) mass is 355 g/mol. The third kappa shape index (κ3) is 11.0. The molecule has 0 fully saturated rings. The van der Waals surface area contributed by atoms with E-state index in [4.69, 9.17) is 4.74 Å². The fraction of sp³-hybridized carbons (Fsp3) is 0.850. The molecule has 0 aliphatic heterocycles. The van der Waals surface area contributed by atoms with Crippen molar-refractivity contribution in [3.05, 3.63) is 0 Å². The number of carbonyl (C=O) groups excluding carboxylic acids is 3. The third-order valence-corrected chi connectivity index (χ3v) is 4.58. The number of hydrogen-bond donors (Lipinski definition) is 1. The highest BCUT2D eigenvalue weighted by Gasteiger charge is 2.31. The minimum Gasteiger partial charge on any atom is -0.462 e. The fourth-order valence-electron chi connectivity index (χ4n) is 2.68. The Morgan fingerprint density at radius 2 is 1.76 bits per heavy atom. The van der Waals surface area contributed by atoms with Gasteiger partial charge in [0, 0.05) is 19.9 Å². The first kappa shape index (κ1) is 23.6. The number of hydrogen-bond acceptors (Lipinski definition) is 4. The maximum absolute atomic E-state index is 12.4. The summed E-state index contributed by atoms with van der Waals surface area (Å²) in [6, 6.07) is 0. The average Bonchev–Trinajstić information content (AvgIpc) is 2.53. The summed E-state index contributed by atoms with van der Waals surface area (Å²) in [5, 5.41) is 2.63. The maximum Gasteiger partial charge on any atom is 0.308 e. The molecule has 0 rings (SSSR count). The van der Waals surface area contributed by atoms with Crippen molar-refractivity contribution < 1.29 is 19.1 Å². The molecular formula is C20H37NO4. The fourth-order valence-corrected chi connectivity index (χ4v) is 2.68. The van der Waals surface area contributed by atoms with E-state index in [9.17, 15) is 14.4 Å². The van der Waals surface area contributed by atoms with Gasteiger partial charge in [0.2, 0.25) is 5.91 Å². The van der Waals surface area contributed by atoms with Crippen LogP contribution in [-0.4, -0.2) is 31.3 Å². The normalized spacial score (nSPS) is 15.1. The first-order chi connectivity index (χ1) is 11.6. The van der Waals surface area contributed by atoms with Crippen LogP contribution < -0.4 is 5.32 Å². The predicted octanol–water partition coefficient (Wildman–Crippen LogP) is 3.89. The van der Waals surface area contributed by atoms with Crippen LogP contribution in [0.3, 0.4) is 0 Å². The lowest BCUT2D eigenvalue weighted by Gasteiger charge is -2.33. The van der Waals surface area contributed by atoms with Crippen LogP contribution >= 0.6 is 0 Å². The van der Waals surface area contributed by atoms with Crippen molar-refractivity contribution in [3.8, 4) is 0 Å². The van der Waals surface area contributed by atoms with Crippen molar-refractivity contribution in [1.29, 1.82) is 0 Å². The number of rotatable bonds is 12. The Labute approximate surface area is 153 Å². The summed E-state index contributed by atoms with van der Waals surface area (Å²) in [5.41, 5.74) is -0.132. The zero-order valence-electron chi connectivity index (χ0n) is 16.9. The third-order valence-electron chi connectivity index (χ3n) is 4.58. The van der Waals surface area contributed by atoms with E-state index in [1.807, 2.05) is 6.92 Å². The van der Waals surface area contributed by atoms with E-state index in [2.05, 4.69) is 33.0 Å². The van der Waals surface area contributed by atoms with Crippen LogP contribution in [0.4, 0.5) is 0 Å². The number of carbonyl (C=O) groups is 3. The zero-order valence-corrected chi connectivity index (χ0v) is 16.9. The van der Waals surface area contributed by atoms with Crippen LogP contribution in [0, 0.1) is 17.3 Å². The molecule has 0 heterocycles. The van der Waals surface area contributed by atoms with Gasteiger partial charge in [-0.3, -0.25) is 9.59 Å². The van der Waals surface area contributed by atoms with E-state index in [0.29, 0.717) is 25.2 Å². The summed E-state index contributed by atoms with van der Waals surface area (Å²) in [5.74, 6) is 0.0824. The van der Waals surface area contributed by atoms with Gasteiger partial charge in [0.15, 0.2) is 0 Å². The van der Waals surface area contributed by atoms with Crippen LogP contribution in [-0.2, 0) is 19.1 Å². The lowest BCUT2D eigenvalue weighted by Crippen LogP contribution is -2.35. The molecular weight excluding hydrogens is 318 g/mol. The molecule has 3 atom stereocenters. The van der Waals surface area contributed by atoms with Gasteiger partial charge in [-0.05, 0) is 37.0 Å². The highest BCUT2D eigenvalue weighted by Crippen LogP contribution is 2.30. The summed E-state index contributed by atoms with van der Waals surface area (Å²) in [6.45, 7) is 10.3. The van der Waals surface area contributed by atoms with E-state index in [0.717, 1.165) is 32.0 Å². The minimum absolute atomic E-state index is 0.0650. The second-order valence-corrected chi connectivity index (χ2v) is 8.20. The van der Waals surface area contributed by atoms with Crippen molar-refractivity contribution >= 4 is 18.2 Å². The molecule has 5 heteroatoms. The van der Waals surface area contributed by atoms with Crippen molar-refractivity contribution in [2.75, 3.05) is 7.05 Å². The molecule has 146 valence electrons. The molecule has 1 N–H and O–H groups in total. The van der Waals surface area contributed by atoms with Gasteiger partial charge in [-0.25, -0.2) is 0 Å². The standard InChI is InChI=1S/C20H37NO4/c1-15(10-9-12-18(23)21-6)14-17(20(3,4)5)25-19(24)16(2)11-7-8-13-22/h13,15-17H,7-12,14H2,1-6H3,(H,21,23)/t15-,16+,17-/m0/s1. The lowest BCUT2D eigenvalue weighted by atomic mass is 9.82. The molecule has 0 spiro atoms. The van der Waals surface area contributed by atoms with Gasteiger partial charge >= 0.3 is 5.97 Å². The molecule has 5 nitrogen and oxygen atoms in total. The molecule has 0 aromatic heterocycles. The van der Waals surface area contributed by atoms with E-state index < -0.39 is 0 Å². The smallest absolute Gasteiger partial charge is 0.308 e. The van der Waals surface area contributed by atoms with Crippen LogP contribution in [0.1, 0.15) is 79.6 Å². The highest BCUT2D eigenvalue weighted by atomic mass is 16.5. The van der Waals surface area contributed by atoms with Gasteiger partial charge in [-0.1, -0.05) is 41.0 Å².